The smallest absolute Gasteiger partial charge is 0.267 e. The Balaban J connectivity index is 1.93. The molecule has 0 saturated carbocycles. The first kappa shape index (κ1) is 20.2. The molecule has 2 aromatic carbocycles. The molecule has 1 aliphatic heterocycles. The first-order chi connectivity index (χ1) is 13.2. The van der Waals surface area contributed by atoms with Crippen molar-refractivity contribution in [3.05, 3.63) is 53.1 Å². The van der Waals surface area contributed by atoms with Gasteiger partial charge in [0.05, 0.1) is 18.5 Å². The minimum absolute atomic E-state index is 0.0587. The molecular weight excluding hydrogens is 376 g/mol. The van der Waals surface area contributed by atoms with Crippen molar-refractivity contribution in [1.82, 2.24) is 0 Å². The van der Waals surface area contributed by atoms with Crippen LogP contribution in [0.15, 0.2) is 36.4 Å². The molecule has 0 bridgehead atoms. The third-order valence-electron chi connectivity index (χ3n) is 4.92. The number of nitrogens with one attached hydrogen (secondary N) is 1. The van der Waals surface area contributed by atoms with Crippen LogP contribution in [0.2, 0.25) is 0 Å². The lowest BCUT2D eigenvalue weighted by molar-refractivity contribution is -0.122. The van der Waals surface area contributed by atoms with E-state index >= 15 is 0 Å². The second kappa shape index (κ2) is 7.83. The summed E-state index contributed by atoms with van der Waals surface area (Å²) >= 11 is 0. The number of carbonyl (C=O) groups is 1. The van der Waals surface area contributed by atoms with Gasteiger partial charge in [-0.05, 0) is 48.6 Å². The Morgan fingerprint density at radius 2 is 1.82 bits per heavy atom. The van der Waals surface area contributed by atoms with E-state index in [4.69, 9.17) is 4.74 Å². The van der Waals surface area contributed by atoms with Crippen LogP contribution < -0.4 is 14.4 Å². The van der Waals surface area contributed by atoms with E-state index in [-0.39, 0.29) is 12.5 Å². The van der Waals surface area contributed by atoms with E-state index in [0.717, 1.165) is 41.5 Å². The van der Waals surface area contributed by atoms with E-state index in [1.807, 2.05) is 45.0 Å². The van der Waals surface area contributed by atoms with Crippen LogP contribution in [0.3, 0.4) is 0 Å². The molecule has 6 nitrogen and oxygen atoms in total. The second-order valence-electron chi connectivity index (χ2n) is 7.02. The zero-order chi connectivity index (χ0) is 20.5. The fourth-order valence-corrected chi connectivity index (χ4v) is 4.32. The quantitative estimate of drug-likeness (QED) is 0.833. The van der Waals surface area contributed by atoms with E-state index in [9.17, 15) is 13.2 Å². The molecule has 1 N–H and O–H groups in total. The summed E-state index contributed by atoms with van der Waals surface area (Å²) in [7, 11) is -3.55. The minimum Gasteiger partial charge on any atom is -0.476 e. The molecule has 1 aliphatic rings. The summed E-state index contributed by atoms with van der Waals surface area (Å²) in [6.45, 7) is 5.89. The molecule has 150 valence electrons. The van der Waals surface area contributed by atoms with Gasteiger partial charge in [0.2, 0.25) is 10.0 Å². The maximum Gasteiger partial charge on any atom is 0.267 e. The molecular formula is C21H26N2O4S. The van der Waals surface area contributed by atoms with Gasteiger partial charge in [-0.15, -0.1) is 0 Å². The summed E-state index contributed by atoms with van der Waals surface area (Å²) in [5.41, 5.74) is 4.26. The standard InChI is InChI=1S/C21H26N2O4S/c1-5-15-8-7-9-16(6-2)20(15)22-21(24)19-13-23(28(4,25)26)17-12-14(3)10-11-18(17)27-19/h7-12,19H,5-6,13H2,1-4H3,(H,22,24)/t19-/m0/s1. The average Bonchev–Trinajstić information content (AvgIpc) is 2.66. The Morgan fingerprint density at radius 3 is 2.39 bits per heavy atom. The first-order valence-corrected chi connectivity index (χ1v) is 11.3. The molecule has 1 heterocycles. The van der Waals surface area contributed by atoms with Gasteiger partial charge in [-0.1, -0.05) is 38.1 Å². The maximum absolute atomic E-state index is 13.0. The maximum atomic E-state index is 13.0. The van der Waals surface area contributed by atoms with Crippen LogP contribution in [0.4, 0.5) is 11.4 Å². The highest BCUT2D eigenvalue weighted by molar-refractivity contribution is 7.92. The zero-order valence-electron chi connectivity index (χ0n) is 16.7. The van der Waals surface area contributed by atoms with Crippen LogP contribution in [0.1, 0.15) is 30.5 Å². The molecule has 1 amide bonds. The summed E-state index contributed by atoms with van der Waals surface area (Å²) in [6, 6.07) is 11.2. The lowest BCUT2D eigenvalue weighted by atomic mass is 10.0. The predicted molar refractivity (Wildman–Crippen MR) is 112 cm³/mol. The summed E-state index contributed by atoms with van der Waals surface area (Å²) in [5.74, 6) is 0.0393. The molecule has 0 unspecified atom stereocenters. The number of aryl methyl sites for hydroxylation is 3. The van der Waals surface area contributed by atoms with Crippen LogP contribution in [0.5, 0.6) is 5.75 Å². The number of hydrogen-bond donors (Lipinski definition) is 1. The summed E-state index contributed by atoms with van der Waals surface area (Å²) < 4.78 is 31.8. The minimum atomic E-state index is -3.55. The highest BCUT2D eigenvalue weighted by Gasteiger charge is 2.35. The van der Waals surface area contributed by atoms with E-state index in [2.05, 4.69) is 5.32 Å². The Labute approximate surface area is 166 Å². The van der Waals surface area contributed by atoms with Crippen LogP contribution in [0.25, 0.3) is 0 Å². The van der Waals surface area contributed by atoms with Gasteiger partial charge in [0.25, 0.3) is 5.91 Å². The number of carbonyl (C=O) groups excluding carboxylic acids is 1. The molecule has 0 spiro atoms. The number of rotatable bonds is 5. The van der Waals surface area contributed by atoms with Crippen LogP contribution >= 0.6 is 0 Å². The number of nitrogens with zero attached hydrogens (tertiary/aromatic N) is 1. The van der Waals surface area contributed by atoms with Gasteiger partial charge in [0, 0.05) is 5.69 Å². The van der Waals surface area contributed by atoms with Crippen molar-refractivity contribution in [1.29, 1.82) is 0 Å². The number of ether oxygens (including phenoxy) is 1. The van der Waals surface area contributed by atoms with Crippen LogP contribution in [0, 0.1) is 6.92 Å². The van der Waals surface area contributed by atoms with Gasteiger partial charge >= 0.3 is 0 Å². The molecule has 0 aromatic heterocycles. The van der Waals surface area contributed by atoms with Gasteiger partial charge < -0.3 is 10.1 Å². The van der Waals surface area contributed by atoms with Crippen molar-refractivity contribution < 1.29 is 17.9 Å². The molecule has 1 atom stereocenters. The normalized spacial score (nSPS) is 16.3. The third kappa shape index (κ3) is 3.99. The largest absolute Gasteiger partial charge is 0.476 e. The fourth-order valence-electron chi connectivity index (χ4n) is 3.42. The van der Waals surface area contributed by atoms with E-state index < -0.39 is 16.1 Å². The molecule has 0 aliphatic carbocycles. The molecule has 3 rings (SSSR count). The highest BCUT2D eigenvalue weighted by atomic mass is 32.2. The van der Waals surface area contributed by atoms with Crippen molar-refractivity contribution in [2.24, 2.45) is 0 Å². The number of benzene rings is 2. The molecule has 0 saturated heterocycles. The van der Waals surface area contributed by atoms with Gasteiger partial charge in [-0.25, -0.2) is 8.42 Å². The Bertz CT molecular complexity index is 979. The fraction of sp³-hybridized carbons (Fsp3) is 0.381. The van der Waals surface area contributed by atoms with Crippen molar-refractivity contribution in [2.75, 3.05) is 22.4 Å². The zero-order valence-corrected chi connectivity index (χ0v) is 17.5. The number of anilines is 2. The van der Waals surface area contributed by atoms with Gasteiger partial charge in [-0.2, -0.15) is 0 Å². The summed E-state index contributed by atoms with van der Waals surface area (Å²) in [5, 5.41) is 2.98. The molecule has 7 heteroatoms. The Hall–Kier alpha value is -2.54. The van der Waals surface area contributed by atoms with E-state index in [0.29, 0.717) is 11.4 Å². The van der Waals surface area contributed by atoms with E-state index in [1.54, 1.807) is 12.1 Å². The second-order valence-corrected chi connectivity index (χ2v) is 8.93. The lowest BCUT2D eigenvalue weighted by Crippen LogP contribution is -2.48. The SMILES string of the molecule is CCc1cccc(CC)c1NC(=O)[C@@H]1CN(S(C)(=O)=O)c2cc(C)ccc2O1. The number of amides is 1. The lowest BCUT2D eigenvalue weighted by Gasteiger charge is -2.34. The number of fused-ring (bicyclic) bond motifs is 1. The molecule has 0 radical (unpaired) electrons. The van der Waals surface area contributed by atoms with Crippen molar-refractivity contribution in [2.45, 2.75) is 39.7 Å². The summed E-state index contributed by atoms with van der Waals surface area (Å²) in [6.07, 6.45) is 1.78. The van der Waals surface area contributed by atoms with Crippen molar-refractivity contribution in [3.63, 3.8) is 0 Å². The van der Waals surface area contributed by atoms with Crippen molar-refractivity contribution in [3.8, 4) is 5.75 Å². The monoisotopic (exact) mass is 402 g/mol. The molecule has 28 heavy (non-hydrogen) atoms. The highest BCUT2D eigenvalue weighted by Crippen LogP contribution is 2.36. The number of para-hydroxylation sites is 1. The number of hydrogen-bond acceptors (Lipinski definition) is 4. The van der Waals surface area contributed by atoms with Crippen molar-refractivity contribution >= 4 is 27.3 Å². The van der Waals surface area contributed by atoms with Gasteiger partial charge in [-0.3, -0.25) is 9.10 Å². The topological polar surface area (TPSA) is 75.7 Å². The Morgan fingerprint density at radius 1 is 1.18 bits per heavy atom. The van der Waals surface area contributed by atoms with Gasteiger partial charge in [0.1, 0.15) is 5.75 Å². The number of sulfonamides is 1. The predicted octanol–water partition coefficient (Wildman–Crippen LogP) is 3.29. The Kier molecular flexibility index (Phi) is 5.65. The third-order valence-corrected chi connectivity index (χ3v) is 6.07. The van der Waals surface area contributed by atoms with E-state index in [1.165, 1.54) is 4.31 Å². The molecule has 2 aromatic rings. The first-order valence-electron chi connectivity index (χ1n) is 9.41. The summed E-state index contributed by atoms with van der Waals surface area (Å²) in [4.78, 5) is 13.0. The molecule has 0 fully saturated rings. The van der Waals surface area contributed by atoms with Crippen LogP contribution in [-0.4, -0.2) is 33.2 Å². The van der Waals surface area contributed by atoms with Crippen LogP contribution in [-0.2, 0) is 27.7 Å². The average molecular weight is 403 g/mol. The van der Waals surface area contributed by atoms with Gasteiger partial charge in [0.15, 0.2) is 6.10 Å².